The molecule has 0 fully saturated rings. The van der Waals surface area contributed by atoms with Crippen molar-refractivity contribution in [2.24, 2.45) is 0 Å². The van der Waals surface area contributed by atoms with Gasteiger partial charge in [-0.25, -0.2) is 14.3 Å². The average molecular weight is 378 g/mol. The zero-order valence-corrected chi connectivity index (χ0v) is 14.6. The molecule has 0 aliphatic rings. The molecule has 0 unspecified atom stereocenters. The average Bonchev–Trinajstić information content (AvgIpc) is 3.28. The van der Waals surface area contributed by atoms with E-state index in [1.165, 1.54) is 35.4 Å². The maximum Gasteiger partial charge on any atom is 0.416 e. The smallest absolute Gasteiger partial charge is 0.343 e. The maximum atomic E-state index is 12.6. The van der Waals surface area contributed by atoms with E-state index < -0.39 is 17.6 Å². The number of amides is 1. The van der Waals surface area contributed by atoms with Crippen LogP contribution in [0.5, 0.6) is 0 Å². The van der Waals surface area contributed by atoms with Crippen molar-refractivity contribution in [1.82, 2.24) is 29.9 Å². The molecule has 7 nitrogen and oxygen atoms in total. The summed E-state index contributed by atoms with van der Waals surface area (Å²) >= 11 is 0. The van der Waals surface area contributed by atoms with Crippen LogP contribution < -0.4 is 5.32 Å². The molecule has 0 saturated heterocycles. The minimum absolute atomic E-state index is 0.110. The van der Waals surface area contributed by atoms with Crippen molar-refractivity contribution in [3.63, 3.8) is 0 Å². The molecule has 0 aliphatic heterocycles. The van der Waals surface area contributed by atoms with Crippen molar-refractivity contribution in [3.05, 3.63) is 59.9 Å². The minimum Gasteiger partial charge on any atom is -0.343 e. The second kappa shape index (κ2) is 7.22. The lowest BCUT2D eigenvalue weighted by atomic mass is 10.2. The van der Waals surface area contributed by atoms with Crippen LogP contribution in [0.2, 0.25) is 0 Å². The number of rotatable bonds is 5. The molecule has 0 atom stereocenters. The molecule has 3 rings (SSSR count). The second-order valence-electron chi connectivity index (χ2n) is 6.09. The van der Waals surface area contributed by atoms with Gasteiger partial charge in [0.15, 0.2) is 5.69 Å². The number of nitrogens with zero attached hydrogens (tertiary/aromatic N) is 5. The van der Waals surface area contributed by atoms with Gasteiger partial charge in [-0.2, -0.15) is 23.4 Å². The van der Waals surface area contributed by atoms with Gasteiger partial charge in [0, 0.05) is 12.2 Å². The molecule has 0 saturated carbocycles. The Hall–Kier alpha value is -3.17. The molecule has 1 N–H and O–H groups in total. The monoisotopic (exact) mass is 378 g/mol. The van der Waals surface area contributed by atoms with Crippen LogP contribution in [0.4, 0.5) is 13.2 Å². The molecule has 3 aromatic rings. The number of hydrogen-bond acceptors (Lipinski definition) is 4. The topological polar surface area (TPSA) is 77.6 Å². The molecule has 0 spiro atoms. The summed E-state index contributed by atoms with van der Waals surface area (Å²) in [6, 6.07) is 6.12. The summed E-state index contributed by atoms with van der Waals surface area (Å²) in [7, 11) is 0. The Morgan fingerprint density at radius 2 is 1.89 bits per heavy atom. The van der Waals surface area contributed by atoms with E-state index >= 15 is 0 Å². The van der Waals surface area contributed by atoms with E-state index in [1.54, 1.807) is 4.68 Å². The summed E-state index contributed by atoms with van der Waals surface area (Å²) in [5.41, 5.74) is -0.183. The van der Waals surface area contributed by atoms with Gasteiger partial charge in [0.2, 0.25) is 0 Å². The van der Waals surface area contributed by atoms with Gasteiger partial charge in [0.1, 0.15) is 12.2 Å². The summed E-state index contributed by atoms with van der Waals surface area (Å²) < 4.78 is 40.9. The third kappa shape index (κ3) is 4.15. The van der Waals surface area contributed by atoms with Crippen LogP contribution in [0.3, 0.4) is 0 Å². The van der Waals surface area contributed by atoms with Crippen molar-refractivity contribution in [2.45, 2.75) is 32.6 Å². The van der Waals surface area contributed by atoms with Crippen molar-refractivity contribution in [2.75, 3.05) is 0 Å². The SMILES string of the molecule is CC(C)n1ncnc1CNC(=O)c1ccn(-c2ccc(C(F)(F)F)cc2)n1. The van der Waals surface area contributed by atoms with Crippen molar-refractivity contribution in [3.8, 4) is 5.69 Å². The predicted molar refractivity (Wildman–Crippen MR) is 90.1 cm³/mol. The molecule has 142 valence electrons. The van der Waals surface area contributed by atoms with Gasteiger partial charge in [-0.3, -0.25) is 4.79 Å². The summed E-state index contributed by atoms with van der Waals surface area (Å²) in [6.45, 7) is 4.08. The van der Waals surface area contributed by atoms with Gasteiger partial charge in [-0.05, 0) is 44.2 Å². The first kappa shape index (κ1) is 18.6. The molecule has 2 heterocycles. The van der Waals surface area contributed by atoms with E-state index in [1.807, 2.05) is 13.8 Å². The zero-order valence-electron chi connectivity index (χ0n) is 14.6. The summed E-state index contributed by atoms with van der Waals surface area (Å²) in [4.78, 5) is 16.4. The summed E-state index contributed by atoms with van der Waals surface area (Å²) in [5, 5.41) is 10.9. The lowest BCUT2D eigenvalue weighted by Gasteiger charge is -2.09. The van der Waals surface area contributed by atoms with Crippen LogP contribution in [-0.4, -0.2) is 30.5 Å². The lowest BCUT2D eigenvalue weighted by molar-refractivity contribution is -0.137. The fourth-order valence-electron chi connectivity index (χ4n) is 2.47. The van der Waals surface area contributed by atoms with E-state index in [2.05, 4.69) is 20.5 Å². The van der Waals surface area contributed by atoms with E-state index in [4.69, 9.17) is 0 Å². The zero-order chi connectivity index (χ0) is 19.6. The highest BCUT2D eigenvalue weighted by Crippen LogP contribution is 2.29. The van der Waals surface area contributed by atoms with Crippen molar-refractivity contribution >= 4 is 5.91 Å². The van der Waals surface area contributed by atoms with Crippen LogP contribution in [0.15, 0.2) is 42.9 Å². The standard InChI is InChI=1S/C17H17F3N6O/c1-11(2)26-15(22-10-23-26)9-21-16(27)14-7-8-25(24-14)13-5-3-12(4-6-13)17(18,19)20/h3-8,10-11H,9H2,1-2H3,(H,21,27). The highest BCUT2D eigenvalue weighted by molar-refractivity contribution is 5.92. The second-order valence-corrected chi connectivity index (χ2v) is 6.09. The molecular formula is C17H17F3N6O. The largest absolute Gasteiger partial charge is 0.416 e. The minimum atomic E-state index is -4.40. The van der Waals surface area contributed by atoms with Gasteiger partial charge in [0.25, 0.3) is 5.91 Å². The third-order valence-corrected chi connectivity index (χ3v) is 3.82. The van der Waals surface area contributed by atoms with E-state index in [9.17, 15) is 18.0 Å². The first-order valence-electron chi connectivity index (χ1n) is 8.15. The predicted octanol–water partition coefficient (Wildman–Crippen LogP) is 2.99. The molecule has 0 aliphatic carbocycles. The van der Waals surface area contributed by atoms with Gasteiger partial charge < -0.3 is 5.32 Å². The number of halogens is 3. The van der Waals surface area contributed by atoms with Crippen molar-refractivity contribution in [1.29, 1.82) is 0 Å². The van der Waals surface area contributed by atoms with Gasteiger partial charge >= 0.3 is 6.18 Å². The maximum absolute atomic E-state index is 12.6. The third-order valence-electron chi connectivity index (χ3n) is 3.82. The highest BCUT2D eigenvalue weighted by atomic mass is 19.4. The first-order chi connectivity index (χ1) is 12.8. The Morgan fingerprint density at radius 1 is 1.19 bits per heavy atom. The molecule has 1 amide bonds. The number of carbonyl (C=O) groups excluding carboxylic acids is 1. The molecule has 1 aromatic carbocycles. The number of hydrogen-bond donors (Lipinski definition) is 1. The molecule has 0 radical (unpaired) electrons. The van der Waals surface area contributed by atoms with E-state index in [0.717, 1.165) is 12.1 Å². The van der Waals surface area contributed by atoms with Crippen LogP contribution in [-0.2, 0) is 12.7 Å². The Bertz CT molecular complexity index is 927. The fraction of sp³-hybridized carbons (Fsp3) is 0.294. The van der Waals surface area contributed by atoms with Crippen LogP contribution in [0.25, 0.3) is 5.69 Å². The number of nitrogens with one attached hydrogen (secondary N) is 1. The summed E-state index contributed by atoms with van der Waals surface area (Å²) in [5.74, 6) is 0.194. The lowest BCUT2D eigenvalue weighted by Crippen LogP contribution is -2.26. The van der Waals surface area contributed by atoms with Gasteiger partial charge in [0.05, 0.1) is 17.8 Å². The number of alkyl halides is 3. The molecule has 0 bridgehead atoms. The number of carbonyl (C=O) groups is 1. The van der Waals surface area contributed by atoms with Gasteiger partial charge in [-0.1, -0.05) is 0 Å². The number of aromatic nitrogens is 5. The quantitative estimate of drug-likeness (QED) is 0.740. The van der Waals surface area contributed by atoms with E-state index in [0.29, 0.717) is 11.5 Å². The molecule has 2 aromatic heterocycles. The van der Waals surface area contributed by atoms with Crippen molar-refractivity contribution < 1.29 is 18.0 Å². The molecule has 10 heteroatoms. The number of benzene rings is 1. The molecular weight excluding hydrogens is 361 g/mol. The Morgan fingerprint density at radius 3 is 2.52 bits per heavy atom. The summed E-state index contributed by atoms with van der Waals surface area (Å²) in [6.07, 6.45) is -1.47. The Labute approximate surface area is 152 Å². The van der Waals surface area contributed by atoms with Crippen LogP contribution in [0.1, 0.15) is 41.8 Å². The Balaban J connectivity index is 1.68. The van der Waals surface area contributed by atoms with Crippen LogP contribution >= 0.6 is 0 Å². The Kier molecular flexibility index (Phi) is 4.98. The molecule has 27 heavy (non-hydrogen) atoms. The first-order valence-corrected chi connectivity index (χ1v) is 8.15. The van der Waals surface area contributed by atoms with E-state index in [-0.39, 0.29) is 18.3 Å². The normalized spacial score (nSPS) is 11.8. The van der Waals surface area contributed by atoms with Crippen LogP contribution in [0, 0.1) is 0 Å². The van der Waals surface area contributed by atoms with Gasteiger partial charge in [-0.15, -0.1) is 0 Å². The fourth-order valence-corrected chi connectivity index (χ4v) is 2.47. The highest BCUT2D eigenvalue weighted by Gasteiger charge is 2.30.